The highest BCUT2D eigenvalue weighted by Crippen LogP contribution is 2.62. The molecule has 0 saturated heterocycles. The first-order valence-corrected chi connectivity index (χ1v) is 9.73. The molecule has 6 rings (SSSR count). The molecule has 0 heteroatoms. The molecule has 0 atom stereocenters. The van der Waals surface area contributed by atoms with Crippen molar-refractivity contribution in [2.45, 2.75) is 18.3 Å². The zero-order chi connectivity index (χ0) is 18.0. The van der Waals surface area contributed by atoms with Crippen LogP contribution in [-0.2, 0) is 5.41 Å². The van der Waals surface area contributed by atoms with E-state index in [1.165, 1.54) is 50.1 Å². The van der Waals surface area contributed by atoms with Crippen molar-refractivity contribution in [1.29, 1.82) is 0 Å². The summed E-state index contributed by atoms with van der Waals surface area (Å²) in [7, 11) is 0. The minimum Gasteiger partial charge on any atom is -0.0905 e. The van der Waals surface area contributed by atoms with Crippen LogP contribution in [0.5, 0.6) is 0 Å². The van der Waals surface area contributed by atoms with Crippen molar-refractivity contribution in [1.82, 2.24) is 0 Å². The lowest BCUT2D eigenvalue weighted by molar-refractivity contribution is 0.730. The molecule has 0 saturated carbocycles. The van der Waals surface area contributed by atoms with Crippen molar-refractivity contribution in [2.75, 3.05) is 0 Å². The average Bonchev–Trinajstić information content (AvgIpc) is 3.04. The highest BCUT2D eigenvalue weighted by molar-refractivity contribution is 5.97. The molecule has 0 amide bonds. The van der Waals surface area contributed by atoms with Gasteiger partial charge in [-0.15, -0.1) is 0 Å². The summed E-state index contributed by atoms with van der Waals surface area (Å²) in [6, 6.07) is 26.8. The fourth-order valence-corrected chi connectivity index (χ4v) is 5.49. The molecule has 0 fully saturated rings. The van der Waals surface area contributed by atoms with Crippen molar-refractivity contribution in [3.63, 3.8) is 0 Å². The van der Waals surface area contributed by atoms with Gasteiger partial charge >= 0.3 is 0 Å². The number of rotatable bonds is 0. The van der Waals surface area contributed by atoms with E-state index in [4.69, 9.17) is 0 Å². The predicted molar refractivity (Wildman–Crippen MR) is 113 cm³/mol. The van der Waals surface area contributed by atoms with Crippen LogP contribution < -0.4 is 0 Å². The third kappa shape index (κ3) is 1.69. The molecular formula is C27H20. The highest BCUT2D eigenvalue weighted by Gasteiger charge is 2.51. The first-order valence-electron chi connectivity index (χ1n) is 9.73. The van der Waals surface area contributed by atoms with Crippen LogP contribution in [0, 0.1) is 0 Å². The topological polar surface area (TPSA) is 0 Å². The van der Waals surface area contributed by atoms with Crippen LogP contribution in [0.15, 0.2) is 103 Å². The Hall–Kier alpha value is -3.12. The third-order valence-corrected chi connectivity index (χ3v) is 6.49. The van der Waals surface area contributed by atoms with E-state index in [2.05, 4.69) is 91.5 Å². The van der Waals surface area contributed by atoms with Gasteiger partial charge in [0.1, 0.15) is 0 Å². The Morgan fingerprint density at radius 3 is 1.70 bits per heavy atom. The van der Waals surface area contributed by atoms with Crippen LogP contribution in [0.25, 0.3) is 16.7 Å². The van der Waals surface area contributed by atoms with E-state index in [1.807, 2.05) is 0 Å². The largest absolute Gasteiger partial charge is 0.0905 e. The van der Waals surface area contributed by atoms with Gasteiger partial charge in [-0.25, -0.2) is 0 Å². The number of fused-ring (bicyclic) bond motifs is 9. The lowest BCUT2D eigenvalue weighted by atomic mass is 9.58. The van der Waals surface area contributed by atoms with Gasteiger partial charge in [0.05, 0.1) is 5.41 Å². The van der Waals surface area contributed by atoms with Gasteiger partial charge in [-0.2, -0.15) is 0 Å². The van der Waals surface area contributed by atoms with Gasteiger partial charge in [-0.3, -0.25) is 0 Å². The monoisotopic (exact) mass is 344 g/mol. The quantitative estimate of drug-likeness (QED) is 0.427. The van der Waals surface area contributed by atoms with Gasteiger partial charge in [0.2, 0.25) is 0 Å². The Balaban J connectivity index is 1.86. The summed E-state index contributed by atoms with van der Waals surface area (Å²) in [6.07, 6.45) is 7.06. The Labute approximate surface area is 160 Å². The van der Waals surface area contributed by atoms with Crippen molar-refractivity contribution < 1.29 is 0 Å². The number of allylic oxidation sites excluding steroid dienone is 5. The van der Waals surface area contributed by atoms with Crippen molar-refractivity contribution in [3.05, 3.63) is 125 Å². The predicted octanol–water partition coefficient (Wildman–Crippen LogP) is 6.67. The third-order valence-electron chi connectivity index (χ3n) is 6.49. The minimum atomic E-state index is -0.225. The maximum atomic E-state index is 4.50. The summed E-state index contributed by atoms with van der Waals surface area (Å²) in [5, 5.41) is 0. The smallest absolute Gasteiger partial charge is 0.0722 e. The fourth-order valence-electron chi connectivity index (χ4n) is 5.49. The van der Waals surface area contributed by atoms with E-state index in [0.29, 0.717) is 0 Å². The molecule has 3 aliphatic rings. The fraction of sp³-hybridized carbons (Fsp3) is 0.111. The van der Waals surface area contributed by atoms with E-state index in [-0.39, 0.29) is 5.41 Å². The second kappa shape index (κ2) is 5.20. The zero-order valence-corrected chi connectivity index (χ0v) is 15.2. The summed E-state index contributed by atoms with van der Waals surface area (Å²) in [4.78, 5) is 0. The second-order valence-corrected chi connectivity index (χ2v) is 7.68. The summed E-state index contributed by atoms with van der Waals surface area (Å²) in [5.41, 5.74) is 11.9. The molecular weight excluding hydrogens is 324 g/mol. The molecule has 128 valence electrons. The molecule has 3 aromatic rings. The SMILES string of the molecule is C=C1C2=CCCC=C2C2(c3ccccc31)c1ccccc1-c1ccccc12. The van der Waals surface area contributed by atoms with Crippen LogP contribution in [0.1, 0.15) is 35.1 Å². The molecule has 0 bridgehead atoms. The number of hydrogen-bond donors (Lipinski definition) is 0. The van der Waals surface area contributed by atoms with Crippen molar-refractivity contribution in [2.24, 2.45) is 0 Å². The Morgan fingerprint density at radius 1 is 0.593 bits per heavy atom. The summed E-state index contributed by atoms with van der Waals surface area (Å²) < 4.78 is 0. The average molecular weight is 344 g/mol. The molecule has 0 nitrogen and oxygen atoms in total. The van der Waals surface area contributed by atoms with Crippen LogP contribution in [0.2, 0.25) is 0 Å². The summed E-state index contributed by atoms with van der Waals surface area (Å²) in [6.45, 7) is 4.50. The maximum absolute atomic E-state index is 4.50. The lowest BCUT2D eigenvalue weighted by Crippen LogP contribution is -2.35. The maximum Gasteiger partial charge on any atom is 0.0722 e. The minimum absolute atomic E-state index is 0.225. The molecule has 0 heterocycles. The molecule has 0 aromatic heterocycles. The molecule has 0 unspecified atom stereocenters. The Morgan fingerprint density at radius 2 is 1.07 bits per heavy atom. The number of benzene rings is 3. The van der Waals surface area contributed by atoms with Crippen LogP contribution in [0.4, 0.5) is 0 Å². The lowest BCUT2D eigenvalue weighted by Gasteiger charge is -2.43. The van der Waals surface area contributed by atoms with Crippen molar-refractivity contribution >= 4 is 5.57 Å². The van der Waals surface area contributed by atoms with E-state index in [0.717, 1.165) is 12.8 Å². The van der Waals surface area contributed by atoms with E-state index in [1.54, 1.807) is 0 Å². The molecule has 3 aliphatic carbocycles. The first kappa shape index (κ1) is 15.0. The van der Waals surface area contributed by atoms with Crippen LogP contribution in [-0.4, -0.2) is 0 Å². The van der Waals surface area contributed by atoms with Gasteiger partial charge in [-0.1, -0.05) is 91.5 Å². The van der Waals surface area contributed by atoms with Crippen molar-refractivity contribution in [3.8, 4) is 11.1 Å². The standard InChI is InChI=1S/C27H20/c1-18-19-10-2-6-14-23(19)27(24-15-7-3-11-20(18)24)25-16-8-4-12-21(25)22-13-5-9-17-26(22)27/h2,4-6,8-17H,1,3,7H2. The van der Waals surface area contributed by atoms with Crippen LogP contribution in [0.3, 0.4) is 0 Å². The molecule has 1 spiro atoms. The highest BCUT2D eigenvalue weighted by atomic mass is 14.5. The van der Waals surface area contributed by atoms with E-state index < -0.39 is 0 Å². The normalized spacial score (nSPS) is 18.1. The first-order chi connectivity index (χ1) is 13.3. The zero-order valence-electron chi connectivity index (χ0n) is 15.2. The van der Waals surface area contributed by atoms with Gasteiger partial charge < -0.3 is 0 Å². The molecule has 0 aliphatic heterocycles. The molecule has 0 radical (unpaired) electrons. The van der Waals surface area contributed by atoms with Gasteiger partial charge in [0.15, 0.2) is 0 Å². The number of hydrogen-bond acceptors (Lipinski definition) is 0. The second-order valence-electron chi connectivity index (χ2n) is 7.68. The van der Waals surface area contributed by atoms with E-state index in [9.17, 15) is 0 Å². The Kier molecular flexibility index (Phi) is 2.89. The molecule has 27 heavy (non-hydrogen) atoms. The van der Waals surface area contributed by atoms with Crippen LogP contribution >= 0.6 is 0 Å². The Bertz CT molecular complexity index is 1140. The van der Waals surface area contributed by atoms with Gasteiger partial charge in [0, 0.05) is 0 Å². The van der Waals surface area contributed by atoms with Gasteiger partial charge in [-0.05, 0) is 62.9 Å². The molecule has 3 aromatic carbocycles. The van der Waals surface area contributed by atoms with Gasteiger partial charge in [0.25, 0.3) is 0 Å². The summed E-state index contributed by atoms with van der Waals surface area (Å²) in [5.74, 6) is 0. The summed E-state index contributed by atoms with van der Waals surface area (Å²) >= 11 is 0. The molecule has 0 N–H and O–H groups in total. The van der Waals surface area contributed by atoms with E-state index >= 15 is 0 Å².